The van der Waals surface area contributed by atoms with E-state index in [0.717, 1.165) is 12.1 Å². The van der Waals surface area contributed by atoms with Gasteiger partial charge in [0.05, 0.1) is 12.7 Å². The van der Waals surface area contributed by atoms with Gasteiger partial charge in [0.25, 0.3) is 0 Å². The second-order valence-corrected chi connectivity index (χ2v) is 6.15. The molecule has 0 saturated heterocycles. The van der Waals surface area contributed by atoms with Crippen molar-refractivity contribution in [3.63, 3.8) is 0 Å². The predicted molar refractivity (Wildman–Crippen MR) is 97.1 cm³/mol. The highest BCUT2D eigenvalue weighted by Crippen LogP contribution is 2.38. The molecule has 0 N–H and O–H groups in total. The largest absolute Gasteiger partial charge is 0.481 e. The van der Waals surface area contributed by atoms with Crippen LogP contribution in [0.4, 0.5) is 13.2 Å². The van der Waals surface area contributed by atoms with Crippen LogP contribution >= 0.6 is 11.6 Å². The van der Waals surface area contributed by atoms with E-state index in [9.17, 15) is 13.2 Å². The molecule has 4 rings (SSSR count). The predicted octanol–water partition coefficient (Wildman–Crippen LogP) is 4.66. The summed E-state index contributed by atoms with van der Waals surface area (Å²) in [4.78, 5) is 4.08. The van der Waals surface area contributed by atoms with Crippen LogP contribution in [0.2, 0.25) is 5.28 Å². The van der Waals surface area contributed by atoms with Gasteiger partial charge in [-0.05, 0) is 41.9 Å². The molecule has 0 aliphatic carbocycles. The van der Waals surface area contributed by atoms with Crippen molar-refractivity contribution < 1.29 is 22.6 Å². The lowest BCUT2D eigenvalue weighted by Gasteiger charge is -2.14. The van der Waals surface area contributed by atoms with Crippen LogP contribution in [0, 0.1) is 0 Å². The summed E-state index contributed by atoms with van der Waals surface area (Å²) < 4.78 is 51.6. The van der Waals surface area contributed by atoms with E-state index >= 15 is 0 Å². The fourth-order valence-electron chi connectivity index (χ4n) is 2.59. The monoisotopic (exact) mass is 421 g/mol. The molecule has 29 heavy (non-hydrogen) atoms. The Morgan fingerprint density at radius 2 is 1.79 bits per heavy atom. The third-order valence-corrected chi connectivity index (χ3v) is 4.22. The van der Waals surface area contributed by atoms with Gasteiger partial charge in [-0.15, -0.1) is 15.3 Å². The average molecular weight is 422 g/mol. The Hall–Kier alpha value is -3.40. The van der Waals surface area contributed by atoms with Gasteiger partial charge in [0.15, 0.2) is 5.65 Å². The van der Waals surface area contributed by atoms with E-state index in [1.165, 1.54) is 36.0 Å². The number of alkyl halides is 3. The summed E-state index contributed by atoms with van der Waals surface area (Å²) in [6.07, 6.45) is -3.06. The lowest BCUT2D eigenvalue weighted by Crippen LogP contribution is -2.05. The van der Waals surface area contributed by atoms with Crippen LogP contribution in [0.1, 0.15) is 5.56 Å². The lowest BCUT2D eigenvalue weighted by molar-refractivity contribution is -0.137. The first kappa shape index (κ1) is 18.9. The number of rotatable bonds is 4. The van der Waals surface area contributed by atoms with Gasteiger partial charge in [-0.3, -0.25) is 0 Å². The molecule has 0 unspecified atom stereocenters. The van der Waals surface area contributed by atoms with Gasteiger partial charge in [-0.25, -0.2) is 4.98 Å². The van der Waals surface area contributed by atoms with Crippen LogP contribution in [0.3, 0.4) is 0 Å². The third kappa shape index (κ3) is 3.79. The number of hydrogen-bond donors (Lipinski definition) is 0. The number of methoxy groups -OCH3 is 1. The number of nitrogens with zero attached hydrogens (tertiary/aromatic N) is 5. The molecular formula is C18H11ClF3N5O2. The molecule has 0 aliphatic rings. The Bertz CT molecular complexity index is 1180. The minimum atomic E-state index is -4.54. The number of aromatic nitrogens is 5. The standard InChI is InChI=1S/C18H11ClF3N5O2/c1-28-15-6-2-10(9-23-15)12-4-3-11(18(20,21)22)8-13(12)29-16-7-5-14-24-25-17(19)27(14)26-16/h2-9H,1H3. The molecule has 11 heteroatoms. The highest BCUT2D eigenvalue weighted by Gasteiger charge is 2.31. The number of pyridine rings is 1. The molecule has 0 saturated carbocycles. The molecule has 3 heterocycles. The Kier molecular flexibility index (Phi) is 4.71. The zero-order valence-corrected chi connectivity index (χ0v) is 15.4. The molecule has 0 bridgehead atoms. The van der Waals surface area contributed by atoms with Crippen LogP contribution in [0.25, 0.3) is 16.8 Å². The Balaban J connectivity index is 1.79. The summed E-state index contributed by atoms with van der Waals surface area (Å²) >= 11 is 5.89. The summed E-state index contributed by atoms with van der Waals surface area (Å²) in [5.74, 6) is 0.335. The van der Waals surface area contributed by atoms with E-state index in [1.807, 2.05) is 0 Å². The highest BCUT2D eigenvalue weighted by atomic mass is 35.5. The fourth-order valence-corrected chi connectivity index (χ4v) is 2.76. The van der Waals surface area contributed by atoms with Gasteiger partial charge >= 0.3 is 6.18 Å². The van der Waals surface area contributed by atoms with E-state index < -0.39 is 11.7 Å². The first-order chi connectivity index (χ1) is 13.8. The molecule has 0 spiro atoms. The minimum Gasteiger partial charge on any atom is -0.481 e. The van der Waals surface area contributed by atoms with Gasteiger partial charge in [-0.2, -0.15) is 17.7 Å². The van der Waals surface area contributed by atoms with Crippen molar-refractivity contribution in [1.82, 2.24) is 24.8 Å². The molecule has 3 aromatic heterocycles. The van der Waals surface area contributed by atoms with Crippen LogP contribution in [0.5, 0.6) is 17.5 Å². The molecule has 0 aliphatic heterocycles. The van der Waals surface area contributed by atoms with Crippen LogP contribution in [-0.4, -0.2) is 31.9 Å². The summed E-state index contributed by atoms with van der Waals surface area (Å²) in [5, 5.41) is 11.6. The molecule has 7 nitrogen and oxygen atoms in total. The van der Waals surface area contributed by atoms with E-state index in [4.69, 9.17) is 21.1 Å². The molecule has 0 fully saturated rings. The zero-order valence-electron chi connectivity index (χ0n) is 14.7. The SMILES string of the molecule is COc1ccc(-c2ccc(C(F)(F)F)cc2Oc2ccc3nnc(Cl)n3n2)cn1. The molecular weight excluding hydrogens is 411 g/mol. The lowest BCUT2D eigenvalue weighted by atomic mass is 10.0. The van der Waals surface area contributed by atoms with Gasteiger partial charge in [0.1, 0.15) is 5.75 Å². The average Bonchev–Trinajstić information content (AvgIpc) is 3.08. The number of hydrogen-bond acceptors (Lipinski definition) is 6. The smallest absolute Gasteiger partial charge is 0.416 e. The summed E-state index contributed by atoms with van der Waals surface area (Å²) in [7, 11) is 1.46. The van der Waals surface area contributed by atoms with Crippen LogP contribution in [-0.2, 0) is 6.18 Å². The van der Waals surface area contributed by atoms with Crippen LogP contribution < -0.4 is 9.47 Å². The third-order valence-electron chi connectivity index (χ3n) is 3.98. The quantitative estimate of drug-likeness (QED) is 0.477. The van der Waals surface area contributed by atoms with Crippen molar-refractivity contribution in [1.29, 1.82) is 0 Å². The molecule has 0 atom stereocenters. The van der Waals surface area contributed by atoms with E-state index in [2.05, 4.69) is 20.3 Å². The number of benzene rings is 1. The molecule has 148 valence electrons. The number of ether oxygens (including phenoxy) is 2. The number of halogens is 4. The van der Waals surface area contributed by atoms with Crippen molar-refractivity contribution in [3.05, 3.63) is 59.5 Å². The maximum atomic E-state index is 13.2. The zero-order chi connectivity index (χ0) is 20.6. The Labute approximate surface area is 166 Å². The topological polar surface area (TPSA) is 74.4 Å². The second-order valence-electron chi connectivity index (χ2n) is 5.81. The van der Waals surface area contributed by atoms with Crippen molar-refractivity contribution in [2.75, 3.05) is 7.11 Å². The molecule has 4 aromatic rings. The van der Waals surface area contributed by atoms with Gasteiger partial charge in [0, 0.05) is 29.5 Å². The molecule has 1 aromatic carbocycles. The Morgan fingerprint density at radius 3 is 2.48 bits per heavy atom. The van der Waals surface area contributed by atoms with E-state index in [-0.39, 0.29) is 16.9 Å². The Morgan fingerprint density at radius 1 is 1.00 bits per heavy atom. The van der Waals surface area contributed by atoms with Crippen molar-refractivity contribution in [3.8, 4) is 28.6 Å². The maximum absolute atomic E-state index is 13.2. The molecule has 0 amide bonds. The highest BCUT2D eigenvalue weighted by molar-refractivity contribution is 6.28. The minimum absolute atomic E-state index is 0.00549. The van der Waals surface area contributed by atoms with Crippen molar-refractivity contribution >= 4 is 17.2 Å². The number of fused-ring (bicyclic) bond motifs is 1. The first-order valence-electron chi connectivity index (χ1n) is 8.12. The maximum Gasteiger partial charge on any atom is 0.416 e. The summed E-state index contributed by atoms with van der Waals surface area (Å²) in [6.45, 7) is 0. The first-order valence-corrected chi connectivity index (χ1v) is 8.50. The summed E-state index contributed by atoms with van der Waals surface area (Å²) in [6, 6.07) is 9.43. The van der Waals surface area contributed by atoms with E-state index in [0.29, 0.717) is 22.7 Å². The van der Waals surface area contributed by atoms with E-state index in [1.54, 1.807) is 12.1 Å². The van der Waals surface area contributed by atoms with Crippen molar-refractivity contribution in [2.45, 2.75) is 6.18 Å². The van der Waals surface area contributed by atoms with Gasteiger partial charge in [-0.1, -0.05) is 0 Å². The molecule has 0 radical (unpaired) electrons. The second kappa shape index (κ2) is 7.21. The normalized spacial score (nSPS) is 11.6. The van der Waals surface area contributed by atoms with Gasteiger partial charge < -0.3 is 9.47 Å². The fraction of sp³-hybridized carbons (Fsp3) is 0.111. The van der Waals surface area contributed by atoms with Crippen molar-refractivity contribution in [2.24, 2.45) is 0 Å². The van der Waals surface area contributed by atoms with Gasteiger partial charge in [0.2, 0.25) is 17.0 Å². The van der Waals surface area contributed by atoms with Crippen LogP contribution in [0.15, 0.2) is 48.7 Å². The summed E-state index contributed by atoms with van der Waals surface area (Å²) in [5.41, 5.74) is 0.440.